The second kappa shape index (κ2) is 9.05. The molecule has 170 valence electrons. The van der Waals surface area contributed by atoms with Crippen LogP contribution in [-0.4, -0.2) is 58.6 Å². The Morgan fingerprint density at radius 1 is 1.26 bits per heavy atom. The largest absolute Gasteiger partial charge is 0.508 e. The fraction of sp³-hybridized carbons (Fsp3) is 0.560. The predicted molar refractivity (Wildman–Crippen MR) is 124 cm³/mol. The maximum absolute atomic E-state index is 12.8. The number of rotatable bonds is 8. The van der Waals surface area contributed by atoms with Gasteiger partial charge in [-0.05, 0) is 69.5 Å². The van der Waals surface area contributed by atoms with Gasteiger partial charge >= 0.3 is 0 Å². The Kier molecular flexibility index (Phi) is 6.82. The van der Waals surface area contributed by atoms with Gasteiger partial charge in [-0.2, -0.15) is 0 Å². The van der Waals surface area contributed by atoms with Crippen LogP contribution >= 0.6 is 0 Å². The fourth-order valence-electron chi connectivity index (χ4n) is 4.38. The van der Waals surface area contributed by atoms with Crippen molar-refractivity contribution in [3.8, 4) is 0 Å². The van der Waals surface area contributed by atoms with Gasteiger partial charge in [0.05, 0.1) is 0 Å². The van der Waals surface area contributed by atoms with E-state index in [0.29, 0.717) is 13.0 Å². The molecule has 2 aliphatic rings. The molecule has 0 fully saturated rings. The lowest BCUT2D eigenvalue weighted by Gasteiger charge is -2.39. The zero-order chi connectivity index (χ0) is 22.8. The van der Waals surface area contributed by atoms with E-state index in [1.807, 2.05) is 32.3 Å². The van der Waals surface area contributed by atoms with Gasteiger partial charge in [-0.1, -0.05) is 25.1 Å². The van der Waals surface area contributed by atoms with Gasteiger partial charge in [-0.3, -0.25) is 9.69 Å². The van der Waals surface area contributed by atoms with Crippen LogP contribution < -0.4 is 5.32 Å². The minimum atomic E-state index is -0.169. The quantitative estimate of drug-likeness (QED) is 0.581. The minimum absolute atomic E-state index is 0.000259. The highest BCUT2D eigenvalue weighted by molar-refractivity contribution is 5.96. The van der Waals surface area contributed by atoms with Crippen LogP contribution in [0, 0.1) is 5.41 Å². The smallest absolute Gasteiger partial charge is 0.251 e. The molecule has 6 heteroatoms. The second-order valence-electron chi connectivity index (χ2n) is 10.2. The number of nitrogens with zero attached hydrogens (tertiary/aromatic N) is 2. The lowest BCUT2D eigenvalue weighted by molar-refractivity contribution is 0.0916. The summed E-state index contributed by atoms with van der Waals surface area (Å²) < 4.78 is 0. The van der Waals surface area contributed by atoms with Gasteiger partial charge in [0.15, 0.2) is 5.76 Å². The average Bonchev–Trinajstić information content (AvgIpc) is 3.15. The van der Waals surface area contributed by atoms with Crippen LogP contribution in [0.3, 0.4) is 0 Å². The highest BCUT2D eigenvalue weighted by atomic mass is 16.3. The molecule has 1 atom stereocenters. The molecular formula is C25H37N3O3. The molecule has 1 amide bonds. The van der Waals surface area contributed by atoms with Crippen molar-refractivity contribution in [1.29, 1.82) is 0 Å². The number of allylic oxidation sites excluding steroid dienone is 3. The minimum Gasteiger partial charge on any atom is -0.508 e. The van der Waals surface area contributed by atoms with Gasteiger partial charge in [-0.15, -0.1) is 0 Å². The van der Waals surface area contributed by atoms with E-state index in [4.69, 9.17) is 0 Å². The number of aliphatic hydroxyl groups excluding tert-OH is 2. The molecule has 6 nitrogen and oxygen atoms in total. The highest BCUT2D eigenvalue weighted by Crippen LogP contribution is 2.40. The third-order valence-corrected chi connectivity index (χ3v) is 6.75. The topological polar surface area (TPSA) is 76.0 Å². The standard InChI is InChI=1S/C25H37N3O3/c1-24(2,11-12-25(3)10-9-21(29)22(30)15-25)28-16-18-7-6-8-19(20(18)17-28)23(31)26-13-14-27(4)5/h6-10,29-30H,11-17H2,1-5H3,(H,26,31). The lowest BCUT2D eigenvalue weighted by atomic mass is 9.76. The number of carbonyl (C=O) groups excluding carboxylic acids is 1. The molecule has 0 bridgehead atoms. The Balaban J connectivity index is 1.65. The van der Waals surface area contributed by atoms with E-state index >= 15 is 0 Å². The van der Waals surface area contributed by atoms with E-state index in [1.54, 1.807) is 6.08 Å². The third-order valence-electron chi connectivity index (χ3n) is 6.75. The van der Waals surface area contributed by atoms with Gasteiger partial charge in [0.1, 0.15) is 5.76 Å². The normalized spacial score (nSPS) is 21.6. The molecule has 3 N–H and O–H groups in total. The Labute approximate surface area is 186 Å². The van der Waals surface area contributed by atoms with Crippen LogP contribution in [0.2, 0.25) is 0 Å². The maximum Gasteiger partial charge on any atom is 0.251 e. The second-order valence-corrected chi connectivity index (χ2v) is 10.2. The number of likely N-dealkylation sites (N-methyl/N-ethyl adjacent to an activating group) is 1. The van der Waals surface area contributed by atoms with Crippen LogP contribution in [0.25, 0.3) is 0 Å². The monoisotopic (exact) mass is 427 g/mol. The molecular weight excluding hydrogens is 390 g/mol. The molecule has 1 aliphatic carbocycles. The van der Waals surface area contributed by atoms with E-state index in [1.165, 1.54) is 5.56 Å². The highest BCUT2D eigenvalue weighted by Gasteiger charge is 2.36. The molecule has 1 aromatic carbocycles. The molecule has 0 radical (unpaired) electrons. The predicted octanol–water partition coefficient (Wildman–Crippen LogP) is 4.15. The third kappa shape index (κ3) is 5.49. The van der Waals surface area contributed by atoms with Crippen LogP contribution in [-0.2, 0) is 13.1 Å². The Morgan fingerprint density at radius 2 is 2.00 bits per heavy atom. The molecule has 0 saturated carbocycles. The molecule has 1 aliphatic heterocycles. The summed E-state index contributed by atoms with van der Waals surface area (Å²) in [5.41, 5.74) is 2.91. The zero-order valence-corrected chi connectivity index (χ0v) is 19.5. The first-order valence-electron chi connectivity index (χ1n) is 11.1. The molecule has 1 heterocycles. The summed E-state index contributed by atoms with van der Waals surface area (Å²) in [5, 5.41) is 22.7. The fourth-order valence-corrected chi connectivity index (χ4v) is 4.38. The molecule has 0 spiro atoms. The summed E-state index contributed by atoms with van der Waals surface area (Å²) in [4.78, 5) is 17.3. The van der Waals surface area contributed by atoms with Crippen molar-refractivity contribution < 1.29 is 15.0 Å². The van der Waals surface area contributed by atoms with Crippen molar-refractivity contribution in [2.75, 3.05) is 27.2 Å². The molecule has 3 rings (SSSR count). The van der Waals surface area contributed by atoms with Crippen molar-refractivity contribution in [3.63, 3.8) is 0 Å². The SMILES string of the molecule is CN(C)CCNC(=O)c1cccc2c1CN(C(C)(C)CCC1(C)C=CC(O)=C(O)C1)C2. The van der Waals surface area contributed by atoms with Crippen LogP contribution in [0.1, 0.15) is 61.5 Å². The van der Waals surface area contributed by atoms with Crippen LogP contribution in [0.5, 0.6) is 0 Å². The number of nitrogens with one attached hydrogen (secondary N) is 1. The first-order chi connectivity index (χ1) is 14.5. The van der Waals surface area contributed by atoms with Crippen molar-refractivity contribution in [1.82, 2.24) is 15.1 Å². The molecule has 31 heavy (non-hydrogen) atoms. The first-order valence-corrected chi connectivity index (χ1v) is 11.1. The lowest BCUT2D eigenvalue weighted by Crippen LogP contribution is -2.41. The Hall–Kier alpha value is -2.31. The van der Waals surface area contributed by atoms with E-state index in [9.17, 15) is 15.0 Å². The van der Waals surface area contributed by atoms with Crippen molar-refractivity contribution >= 4 is 5.91 Å². The first kappa shape index (κ1) is 23.4. The summed E-state index contributed by atoms with van der Waals surface area (Å²) in [7, 11) is 3.99. The summed E-state index contributed by atoms with van der Waals surface area (Å²) in [6.45, 7) is 9.66. The summed E-state index contributed by atoms with van der Waals surface area (Å²) in [6, 6.07) is 6.03. The molecule has 1 aromatic rings. The number of benzene rings is 1. The summed E-state index contributed by atoms with van der Waals surface area (Å²) in [6.07, 6.45) is 5.92. The van der Waals surface area contributed by atoms with E-state index < -0.39 is 0 Å². The Morgan fingerprint density at radius 3 is 2.68 bits per heavy atom. The van der Waals surface area contributed by atoms with Gasteiger partial charge in [-0.25, -0.2) is 0 Å². The van der Waals surface area contributed by atoms with Gasteiger partial charge in [0.2, 0.25) is 0 Å². The molecule has 0 saturated heterocycles. The van der Waals surface area contributed by atoms with Crippen molar-refractivity contribution in [2.24, 2.45) is 5.41 Å². The zero-order valence-electron chi connectivity index (χ0n) is 19.5. The Bertz CT molecular complexity index is 888. The number of hydrogen-bond donors (Lipinski definition) is 3. The van der Waals surface area contributed by atoms with E-state index in [0.717, 1.165) is 43.6 Å². The average molecular weight is 428 g/mol. The molecule has 0 aromatic heterocycles. The van der Waals surface area contributed by atoms with Gasteiger partial charge in [0.25, 0.3) is 5.91 Å². The van der Waals surface area contributed by atoms with E-state index in [-0.39, 0.29) is 28.4 Å². The molecule has 1 unspecified atom stereocenters. The maximum atomic E-state index is 12.8. The number of aliphatic hydroxyl groups is 2. The number of fused-ring (bicyclic) bond motifs is 1. The van der Waals surface area contributed by atoms with Crippen LogP contribution in [0.15, 0.2) is 41.9 Å². The van der Waals surface area contributed by atoms with Crippen LogP contribution in [0.4, 0.5) is 0 Å². The van der Waals surface area contributed by atoms with E-state index in [2.05, 4.69) is 42.0 Å². The van der Waals surface area contributed by atoms with Crippen molar-refractivity contribution in [2.45, 2.75) is 58.7 Å². The van der Waals surface area contributed by atoms with Gasteiger partial charge < -0.3 is 20.4 Å². The number of hydrogen-bond acceptors (Lipinski definition) is 5. The van der Waals surface area contributed by atoms with Crippen molar-refractivity contribution in [3.05, 3.63) is 58.6 Å². The number of carbonyl (C=O) groups is 1. The van der Waals surface area contributed by atoms with Gasteiger partial charge in [0, 0.05) is 43.7 Å². The number of amides is 1. The summed E-state index contributed by atoms with van der Waals surface area (Å²) >= 11 is 0. The summed E-state index contributed by atoms with van der Waals surface area (Å²) in [5.74, 6) is 0.0460.